The van der Waals surface area contributed by atoms with E-state index in [9.17, 15) is 4.79 Å². The summed E-state index contributed by atoms with van der Waals surface area (Å²) in [6.45, 7) is 2.04. The fourth-order valence-corrected chi connectivity index (χ4v) is 1.88. The lowest BCUT2D eigenvalue weighted by Crippen LogP contribution is -2.09. The SMILES string of the molecule is CC1CCCc2cc(C(=O)O)ccc2O1. The summed E-state index contributed by atoms with van der Waals surface area (Å²) in [5, 5.41) is 8.87. The smallest absolute Gasteiger partial charge is 0.335 e. The minimum Gasteiger partial charge on any atom is -0.490 e. The number of fused-ring (bicyclic) bond motifs is 1. The van der Waals surface area contributed by atoms with Crippen molar-refractivity contribution in [2.24, 2.45) is 0 Å². The van der Waals surface area contributed by atoms with E-state index in [1.54, 1.807) is 18.2 Å². The van der Waals surface area contributed by atoms with E-state index in [0.29, 0.717) is 5.56 Å². The molecule has 1 heterocycles. The van der Waals surface area contributed by atoms with Crippen LogP contribution in [0.4, 0.5) is 0 Å². The van der Waals surface area contributed by atoms with Gasteiger partial charge in [0.1, 0.15) is 5.75 Å². The first-order valence-corrected chi connectivity index (χ1v) is 5.19. The number of aromatic carboxylic acids is 1. The summed E-state index contributed by atoms with van der Waals surface area (Å²) >= 11 is 0. The van der Waals surface area contributed by atoms with Crippen LogP contribution in [0.5, 0.6) is 5.75 Å². The Labute approximate surface area is 88.7 Å². The molecule has 0 spiro atoms. The molecule has 0 aromatic heterocycles. The van der Waals surface area contributed by atoms with Crippen molar-refractivity contribution in [1.82, 2.24) is 0 Å². The van der Waals surface area contributed by atoms with Gasteiger partial charge in [-0.05, 0) is 49.9 Å². The van der Waals surface area contributed by atoms with Gasteiger partial charge in [-0.2, -0.15) is 0 Å². The minimum atomic E-state index is -0.880. The van der Waals surface area contributed by atoms with E-state index in [4.69, 9.17) is 9.84 Å². The molecule has 1 N–H and O–H groups in total. The van der Waals surface area contributed by atoms with Gasteiger partial charge in [0.25, 0.3) is 0 Å². The van der Waals surface area contributed by atoms with Crippen LogP contribution in [0.3, 0.4) is 0 Å². The lowest BCUT2D eigenvalue weighted by Gasteiger charge is -2.12. The van der Waals surface area contributed by atoms with Crippen molar-refractivity contribution in [1.29, 1.82) is 0 Å². The van der Waals surface area contributed by atoms with Gasteiger partial charge in [0.05, 0.1) is 11.7 Å². The van der Waals surface area contributed by atoms with Crippen LogP contribution < -0.4 is 4.74 Å². The van der Waals surface area contributed by atoms with Gasteiger partial charge in [-0.25, -0.2) is 4.79 Å². The number of ether oxygens (including phenoxy) is 1. The van der Waals surface area contributed by atoms with E-state index >= 15 is 0 Å². The van der Waals surface area contributed by atoms with Gasteiger partial charge in [0, 0.05) is 0 Å². The monoisotopic (exact) mass is 206 g/mol. The Morgan fingerprint density at radius 3 is 3.07 bits per heavy atom. The van der Waals surface area contributed by atoms with Gasteiger partial charge in [-0.15, -0.1) is 0 Å². The molecule has 1 aromatic carbocycles. The third-order valence-electron chi connectivity index (χ3n) is 2.69. The molecule has 1 aliphatic heterocycles. The Bertz CT molecular complexity index is 384. The number of carboxylic acids is 1. The highest BCUT2D eigenvalue weighted by molar-refractivity contribution is 5.88. The van der Waals surface area contributed by atoms with Gasteiger partial charge < -0.3 is 9.84 Å². The molecule has 1 atom stereocenters. The topological polar surface area (TPSA) is 46.5 Å². The largest absolute Gasteiger partial charge is 0.490 e. The molecule has 0 bridgehead atoms. The van der Waals surface area contributed by atoms with E-state index in [-0.39, 0.29) is 6.10 Å². The molecule has 0 fully saturated rings. The van der Waals surface area contributed by atoms with E-state index in [1.807, 2.05) is 6.92 Å². The van der Waals surface area contributed by atoms with Crippen LogP contribution in [0, 0.1) is 0 Å². The fraction of sp³-hybridized carbons (Fsp3) is 0.417. The number of benzene rings is 1. The average molecular weight is 206 g/mol. The summed E-state index contributed by atoms with van der Waals surface area (Å²) in [6, 6.07) is 5.08. The minimum absolute atomic E-state index is 0.224. The lowest BCUT2D eigenvalue weighted by atomic mass is 10.0. The lowest BCUT2D eigenvalue weighted by molar-refractivity contribution is 0.0696. The first-order chi connectivity index (χ1) is 7.16. The highest BCUT2D eigenvalue weighted by Crippen LogP contribution is 2.27. The summed E-state index contributed by atoms with van der Waals surface area (Å²) in [7, 11) is 0. The molecule has 0 radical (unpaired) electrons. The van der Waals surface area contributed by atoms with Crippen LogP contribution in [0.25, 0.3) is 0 Å². The first-order valence-electron chi connectivity index (χ1n) is 5.19. The summed E-state index contributed by atoms with van der Waals surface area (Å²) in [5.41, 5.74) is 1.35. The molecule has 0 saturated heterocycles. The zero-order valence-corrected chi connectivity index (χ0v) is 8.69. The molecule has 80 valence electrons. The third-order valence-corrected chi connectivity index (χ3v) is 2.69. The fourth-order valence-electron chi connectivity index (χ4n) is 1.88. The Hall–Kier alpha value is -1.51. The third kappa shape index (κ3) is 2.12. The first kappa shape index (κ1) is 10.0. The Balaban J connectivity index is 2.35. The van der Waals surface area contributed by atoms with E-state index in [0.717, 1.165) is 30.6 Å². The molecule has 1 aromatic rings. The highest BCUT2D eigenvalue weighted by Gasteiger charge is 2.15. The maximum atomic E-state index is 10.8. The number of hydrogen-bond donors (Lipinski definition) is 1. The van der Waals surface area contributed by atoms with Gasteiger partial charge in [0.15, 0.2) is 0 Å². The Morgan fingerprint density at radius 1 is 1.53 bits per heavy atom. The quantitative estimate of drug-likeness (QED) is 0.767. The van der Waals surface area contributed by atoms with E-state index < -0.39 is 5.97 Å². The zero-order chi connectivity index (χ0) is 10.8. The number of carbonyl (C=O) groups is 1. The molecule has 1 aliphatic rings. The van der Waals surface area contributed by atoms with Crippen molar-refractivity contribution in [2.45, 2.75) is 32.3 Å². The molecule has 3 heteroatoms. The number of carboxylic acid groups (broad SMARTS) is 1. The van der Waals surface area contributed by atoms with Crippen molar-refractivity contribution < 1.29 is 14.6 Å². The summed E-state index contributed by atoms with van der Waals surface area (Å²) in [4.78, 5) is 10.8. The standard InChI is InChI=1S/C12H14O3/c1-8-3-2-4-9-7-10(12(13)14)5-6-11(9)15-8/h5-8H,2-4H2,1H3,(H,13,14). The van der Waals surface area contributed by atoms with Crippen LogP contribution in [0.1, 0.15) is 35.7 Å². The highest BCUT2D eigenvalue weighted by atomic mass is 16.5. The van der Waals surface area contributed by atoms with Crippen molar-refractivity contribution in [2.75, 3.05) is 0 Å². The predicted molar refractivity (Wildman–Crippen MR) is 56.4 cm³/mol. The Kier molecular flexibility index (Phi) is 2.62. The second kappa shape index (κ2) is 3.93. The molecule has 3 nitrogen and oxygen atoms in total. The van der Waals surface area contributed by atoms with Gasteiger partial charge >= 0.3 is 5.97 Å². The van der Waals surface area contributed by atoms with E-state index in [2.05, 4.69) is 0 Å². The Morgan fingerprint density at radius 2 is 2.33 bits per heavy atom. The van der Waals surface area contributed by atoms with Crippen LogP contribution >= 0.6 is 0 Å². The second-order valence-electron chi connectivity index (χ2n) is 3.95. The molecular weight excluding hydrogens is 192 g/mol. The second-order valence-corrected chi connectivity index (χ2v) is 3.95. The van der Waals surface area contributed by atoms with Crippen LogP contribution in [0.2, 0.25) is 0 Å². The average Bonchev–Trinajstić information content (AvgIpc) is 2.37. The number of rotatable bonds is 1. The van der Waals surface area contributed by atoms with Crippen molar-refractivity contribution in [3.8, 4) is 5.75 Å². The molecule has 0 saturated carbocycles. The van der Waals surface area contributed by atoms with Gasteiger partial charge in [0.2, 0.25) is 0 Å². The van der Waals surface area contributed by atoms with Crippen molar-refractivity contribution in [3.05, 3.63) is 29.3 Å². The number of aryl methyl sites for hydroxylation is 1. The van der Waals surface area contributed by atoms with Gasteiger partial charge in [-0.3, -0.25) is 0 Å². The van der Waals surface area contributed by atoms with Crippen LogP contribution in [-0.4, -0.2) is 17.2 Å². The molecule has 0 aliphatic carbocycles. The zero-order valence-electron chi connectivity index (χ0n) is 8.69. The predicted octanol–water partition coefficient (Wildman–Crippen LogP) is 2.49. The maximum absolute atomic E-state index is 10.8. The summed E-state index contributed by atoms with van der Waals surface area (Å²) in [5.74, 6) is -0.0416. The van der Waals surface area contributed by atoms with Crippen molar-refractivity contribution in [3.63, 3.8) is 0 Å². The molecule has 15 heavy (non-hydrogen) atoms. The normalized spacial score (nSPS) is 19.9. The maximum Gasteiger partial charge on any atom is 0.335 e. The number of hydrogen-bond acceptors (Lipinski definition) is 2. The molecule has 2 rings (SSSR count). The molecular formula is C12H14O3. The van der Waals surface area contributed by atoms with Crippen LogP contribution in [-0.2, 0) is 6.42 Å². The summed E-state index contributed by atoms with van der Waals surface area (Å²) < 4.78 is 5.70. The van der Waals surface area contributed by atoms with Crippen molar-refractivity contribution >= 4 is 5.97 Å². The summed E-state index contributed by atoms with van der Waals surface area (Å²) in [6.07, 6.45) is 3.21. The van der Waals surface area contributed by atoms with Gasteiger partial charge in [-0.1, -0.05) is 0 Å². The van der Waals surface area contributed by atoms with E-state index in [1.165, 1.54) is 0 Å². The molecule has 0 amide bonds. The van der Waals surface area contributed by atoms with Crippen LogP contribution in [0.15, 0.2) is 18.2 Å². The molecule has 1 unspecified atom stereocenters.